The highest BCUT2D eigenvalue weighted by Gasteiger charge is 2.42. The standard InChI is InChI=1S/C23H23BrN2O3/c1-3-25(4-2)12-13-26-20(15-8-6-5-7-9-15)19-21(27)17-14-16(24)10-11-18(17)29-22(19)23(26)28/h5-11,14,20H,3-4,12-13H2,1-2H3/p+1/t20-/m0/s1. The Morgan fingerprint density at radius 2 is 1.79 bits per heavy atom. The number of quaternary nitrogens is 1. The first kappa shape index (κ1) is 19.9. The van der Waals surface area contributed by atoms with Crippen LogP contribution in [0.2, 0.25) is 0 Å². The SMILES string of the molecule is CC[NH+](CC)CCN1C(=O)c2oc3ccc(Br)cc3c(=O)c2[C@@H]1c1ccccc1. The van der Waals surface area contributed by atoms with E-state index in [1.807, 2.05) is 36.4 Å². The normalized spacial score (nSPS) is 16.1. The van der Waals surface area contributed by atoms with Crippen LogP contribution in [0, 0.1) is 0 Å². The first-order valence-corrected chi connectivity index (χ1v) is 10.8. The van der Waals surface area contributed by atoms with E-state index in [0.29, 0.717) is 23.1 Å². The van der Waals surface area contributed by atoms with Crippen molar-refractivity contribution in [2.75, 3.05) is 26.2 Å². The maximum atomic E-state index is 13.4. The van der Waals surface area contributed by atoms with E-state index in [2.05, 4.69) is 29.8 Å². The first-order chi connectivity index (χ1) is 14.0. The van der Waals surface area contributed by atoms with E-state index in [0.717, 1.165) is 29.7 Å². The molecule has 4 rings (SSSR count). The van der Waals surface area contributed by atoms with Crippen molar-refractivity contribution in [1.29, 1.82) is 0 Å². The molecule has 0 aliphatic carbocycles. The third-order valence-corrected chi connectivity index (χ3v) is 6.24. The Bertz CT molecular complexity index is 1110. The maximum Gasteiger partial charge on any atom is 0.291 e. The molecule has 2 heterocycles. The summed E-state index contributed by atoms with van der Waals surface area (Å²) >= 11 is 3.43. The van der Waals surface area contributed by atoms with Crippen LogP contribution in [0.1, 0.15) is 41.6 Å². The minimum atomic E-state index is -0.423. The van der Waals surface area contributed by atoms with Crippen molar-refractivity contribution in [3.63, 3.8) is 0 Å². The van der Waals surface area contributed by atoms with Crippen molar-refractivity contribution in [3.05, 3.63) is 80.1 Å². The molecule has 0 bridgehead atoms. The molecule has 2 aromatic carbocycles. The van der Waals surface area contributed by atoms with Crippen LogP contribution in [0.5, 0.6) is 0 Å². The van der Waals surface area contributed by atoms with Crippen molar-refractivity contribution in [2.45, 2.75) is 19.9 Å². The molecule has 0 unspecified atom stereocenters. The summed E-state index contributed by atoms with van der Waals surface area (Å²) < 4.78 is 6.78. The van der Waals surface area contributed by atoms with Gasteiger partial charge in [-0.05, 0) is 37.6 Å². The van der Waals surface area contributed by atoms with Gasteiger partial charge in [0.1, 0.15) is 5.58 Å². The number of hydrogen-bond acceptors (Lipinski definition) is 3. The molecule has 29 heavy (non-hydrogen) atoms. The fourth-order valence-corrected chi connectivity index (χ4v) is 4.45. The number of halogens is 1. The minimum absolute atomic E-state index is 0.137. The lowest BCUT2D eigenvalue weighted by molar-refractivity contribution is -0.895. The molecule has 0 fully saturated rings. The van der Waals surface area contributed by atoms with Crippen molar-refractivity contribution >= 4 is 32.8 Å². The number of nitrogens with one attached hydrogen (secondary N) is 1. The van der Waals surface area contributed by atoms with Gasteiger partial charge in [-0.15, -0.1) is 0 Å². The number of fused-ring (bicyclic) bond motifs is 2. The van der Waals surface area contributed by atoms with Crippen LogP contribution in [0.3, 0.4) is 0 Å². The van der Waals surface area contributed by atoms with E-state index >= 15 is 0 Å². The summed E-state index contributed by atoms with van der Waals surface area (Å²) in [5.41, 5.74) is 1.67. The van der Waals surface area contributed by atoms with Gasteiger partial charge >= 0.3 is 0 Å². The molecule has 0 saturated heterocycles. The number of rotatable bonds is 6. The maximum absolute atomic E-state index is 13.4. The van der Waals surface area contributed by atoms with Gasteiger partial charge in [-0.1, -0.05) is 46.3 Å². The molecule has 1 N–H and O–H groups in total. The average molecular weight is 456 g/mol. The van der Waals surface area contributed by atoms with Gasteiger partial charge in [-0.25, -0.2) is 0 Å². The van der Waals surface area contributed by atoms with E-state index in [9.17, 15) is 9.59 Å². The molecule has 1 amide bonds. The lowest BCUT2D eigenvalue weighted by Gasteiger charge is -2.26. The lowest BCUT2D eigenvalue weighted by Crippen LogP contribution is -3.12. The number of carbonyl (C=O) groups is 1. The Hall–Kier alpha value is -2.44. The quantitative estimate of drug-likeness (QED) is 0.621. The van der Waals surface area contributed by atoms with Gasteiger partial charge < -0.3 is 14.2 Å². The zero-order valence-corrected chi connectivity index (χ0v) is 18.2. The van der Waals surface area contributed by atoms with Gasteiger partial charge in [-0.2, -0.15) is 0 Å². The second kappa shape index (κ2) is 8.13. The van der Waals surface area contributed by atoms with Crippen LogP contribution < -0.4 is 10.3 Å². The number of likely N-dealkylation sites (N-methyl/N-ethyl adjacent to an activating group) is 1. The monoisotopic (exact) mass is 455 g/mol. The summed E-state index contributed by atoms with van der Waals surface area (Å²) in [6, 6.07) is 14.6. The Morgan fingerprint density at radius 3 is 2.48 bits per heavy atom. The van der Waals surface area contributed by atoms with E-state index < -0.39 is 6.04 Å². The van der Waals surface area contributed by atoms with Crippen LogP contribution in [0.15, 0.2) is 62.2 Å². The average Bonchev–Trinajstić information content (AvgIpc) is 3.02. The summed E-state index contributed by atoms with van der Waals surface area (Å²) in [6.45, 7) is 7.68. The van der Waals surface area contributed by atoms with Crippen LogP contribution in [0.25, 0.3) is 11.0 Å². The summed E-state index contributed by atoms with van der Waals surface area (Å²) in [7, 11) is 0. The molecule has 1 atom stereocenters. The topological polar surface area (TPSA) is 55.0 Å². The number of hydrogen-bond donors (Lipinski definition) is 1. The highest BCUT2D eigenvalue weighted by atomic mass is 79.9. The second-order valence-corrected chi connectivity index (χ2v) is 8.25. The number of benzene rings is 2. The van der Waals surface area contributed by atoms with Crippen molar-refractivity contribution < 1.29 is 14.1 Å². The van der Waals surface area contributed by atoms with Crippen molar-refractivity contribution in [1.82, 2.24) is 4.90 Å². The summed E-state index contributed by atoms with van der Waals surface area (Å²) in [4.78, 5) is 29.9. The molecular weight excluding hydrogens is 432 g/mol. The lowest BCUT2D eigenvalue weighted by atomic mass is 9.98. The van der Waals surface area contributed by atoms with Crippen molar-refractivity contribution in [3.8, 4) is 0 Å². The van der Waals surface area contributed by atoms with Gasteiger partial charge in [0.15, 0.2) is 5.43 Å². The zero-order chi connectivity index (χ0) is 20.5. The molecule has 6 heteroatoms. The molecule has 3 aromatic rings. The Balaban J connectivity index is 1.87. The highest BCUT2D eigenvalue weighted by molar-refractivity contribution is 9.10. The molecule has 1 aromatic heterocycles. The Kier molecular flexibility index (Phi) is 5.56. The van der Waals surface area contributed by atoms with E-state index in [1.165, 1.54) is 4.90 Å². The predicted octanol–water partition coefficient (Wildman–Crippen LogP) is 3.03. The smallest absolute Gasteiger partial charge is 0.291 e. The van der Waals surface area contributed by atoms with Gasteiger partial charge in [0.2, 0.25) is 5.76 Å². The summed E-state index contributed by atoms with van der Waals surface area (Å²) in [5, 5.41) is 0.489. The largest absolute Gasteiger partial charge is 0.450 e. The zero-order valence-electron chi connectivity index (χ0n) is 16.6. The van der Waals surface area contributed by atoms with E-state index in [4.69, 9.17) is 4.42 Å². The Morgan fingerprint density at radius 1 is 1.07 bits per heavy atom. The molecule has 1 aliphatic rings. The summed E-state index contributed by atoms with van der Waals surface area (Å²) in [5.74, 6) is -0.0319. The van der Waals surface area contributed by atoms with E-state index in [-0.39, 0.29) is 17.1 Å². The first-order valence-electron chi connectivity index (χ1n) is 10.0. The predicted molar refractivity (Wildman–Crippen MR) is 116 cm³/mol. The van der Waals surface area contributed by atoms with Gasteiger partial charge in [0.05, 0.1) is 43.2 Å². The molecule has 5 nitrogen and oxygen atoms in total. The van der Waals surface area contributed by atoms with Gasteiger partial charge in [0.25, 0.3) is 5.91 Å². The number of nitrogens with zero attached hydrogens (tertiary/aromatic N) is 1. The molecule has 0 saturated carbocycles. The van der Waals surface area contributed by atoms with Gasteiger partial charge in [0, 0.05) is 4.47 Å². The van der Waals surface area contributed by atoms with Crippen LogP contribution in [-0.4, -0.2) is 37.0 Å². The number of amides is 1. The molecule has 1 aliphatic heterocycles. The van der Waals surface area contributed by atoms with Crippen LogP contribution in [0.4, 0.5) is 0 Å². The fraction of sp³-hybridized carbons (Fsp3) is 0.304. The van der Waals surface area contributed by atoms with Crippen LogP contribution >= 0.6 is 15.9 Å². The summed E-state index contributed by atoms with van der Waals surface area (Å²) in [6.07, 6.45) is 0. The molecular formula is C23H24BrN2O3+. The fourth-order valence-electron chi connectivity index (χ4n) is 4.09. The third kappa shape index (κ3) is 3.51. The Labute approximate surface area is 178 Å². The molecule has 0 spiro atoms. The third-order valence-electron chi connectivity index (χ3n) is 5.75. The van der Waals surface area contributed by atoms with E-state index in [1.54, 1.807) is 17.0 Å². The molecule has 0 radical (unpaired) electrons. The number of carbonyl (C=O) groups excluding carboxylic acids is 1. The van der Waals surface area contributed by atoms with Crippen molar-refractivity contribution in [2.24, 2.45) is 0 Å². The van der Waals surface area contributed by atoms with Crippen LogP contribution in [-0.2, 0) is 0 Å². The molecule has 150 valence electrons. The second-order valence-electron chi connectivity index (χ2n) is 7.33. The minimum Gasteiger partial charge on any atom is -0.450 e. The van der Waals surface area contributed by atoms with Gasteiger partial charge in [-0.3, -0.25) is 9.59 Å². The highest BCUT2D eigenvalue weighted by Crippen LogP contribution is 2.37.